The first-order chi connectivity index (χ1) is 15.5. The van der Waals surface area contributed by atoms with Crippen molar-refractivity contribution in [3.63, 3.8) is 0 Å². The second-order valence-corrected chi connectivity index (χ2v) is 7.48. The number of ether oxygens (including phenoxy) is 3. The van der Waals surface area contributed by atoms with Gasteiger partial charge in [0, 0.05) is 37.4 Å². The van der Waals surface area contributed by atoms with Crippen molar-refractivity contribution in [3.05, 3.63) is 52.3 Å². The van der Waals surface area contributed by atoms with Gasteiger partial charge in [0.1, 0.15) is 11.5 Å². The molecule has 3 aromatic rings. The van der Waals surface area contributed by atoms with E-state index in [9.17, 15) is 9.59 Å². The van der Waals surface area contributed by atoms with Crippen molar-refractivity contribution in [1.29, 1.82) is 5.26 Å². The van der Waals surface area contributed by atoms with Crippen molar-refractivity contribution in [1.82, 2.24) is 14.9 Å². The summed E-state index contributed by atoms with van der Waals surface area (Å²) in [7, 11) is 4.59. The van der Waals surface area contributed by atoms with Gasteiger partial charge in [0.05, 0.1) is 49.2 Å². The van der Waals surface area contributed by atoms with Gasteiger partial charge in [0.25, 0.3) is 11.5 Å². The SMILES string of the molecule is COCCNC(=O)c1ccc2c(=O)n(-c3cc(OC)cc(OC)c3)c(SCC#N)nc2c1. The Morgan fingerprint density at radius 2 is 1.88 bits per heavy atom. The van der Waals surface area contributed by atoms with Crippen molar-refractivity contribution < 1.29 is 19.0 Å². The third-order valence-electron chi connectivity index (χ3n) is 4.55. The van der Waals surface area contributed by atoms with Gasteiger partial charge in [-0.25, -0.2) is 4.98 Å². The summed E-state index contributed by atoms with van der Waals surface area (Å²) in [6.07, 6.45) is 0. The van der Waals surface area contributed by atoms with Crippen LogP contribution in [0.25, 0.3) is 16.6 Å². The number of fused-ring (bicyclic) bond motifs is 1. The number of hydrogen-bond donors (Lipinski definition) is 1. The number of hydrogen-bond acceptors (Lipinski definition) is 8. The number of amides is 1. The molecule has 0 radical (unpaired) electrons. The fourth-order valence-corrected chi connectivity index (χ4v) is 3.69. The average molecular weight is 455 g/mol. The standard InChI is InChI=1S/C22H22N4O5S/c1-29-8-7-24-20(27)14-4-5-18-19(10-14)25-22(32-9-6-23)26(21(18)28)15-11-16(30-2)13-17(12-15)31-3/h4-5,10-13H,7-9H2,1-3H3,(H,24,27). The second-order valence-electron chi connectivity index (χ2n) is 6.53. The summed E-state index contributed by atoms with van der Waals surface area (Å²) in [5.74, 6) is 0.811. The number of thioether (sulfide) groups is 1. The van der Waals surface area contributed by atoms with Gasteiger partial charge < -0.3 is 19.5 Å². The zero-order chi connectivity index (χ0) is 23.1. The predicted molar refractivity (Wildman–Crippen MR) is 121 cm³/mol. The van der Waals surface area contributed by atoms with E-state index in [2.05, 4.69) is 10.3 Å². The van der Waals surface area contributed by atoms with Crippen molar-refractivity contribution >= 4 is 28.6 Å². The molecule has 2 aromatic carbocycles. The molecule has 0 saturated heterocycles. The number of aromatic nitrogens is 2. The number of benzene rings is 2. The molecule has 0 fully saturated rings. The van der Waals surface area contributed by atoms with E-state index in [1.54, 1.807) is 43.5 Å². The third-order valence-corrected chi connectivity index (χ3v) is 5.36. The lowest BCUT2D eigenvalue weighted by molar-refractivity contribution is 0.0937. The molecule has 1 aromatic heterocycles. The van der Waals surface area contributed by atoms with E-state index >= 15 is 0 Å². The van der Waals surface area contributed by atoms with Gasteiger partial charge in [-0.15, -0.1) is 0 Å². The molecule has 0 unspecified atom stereocenters. The number of nitrogens with zero attached hydrogens (tertiary/aromatic N) is 3. The topological polar surface area (TPSA) is 115 Å². The summed E-state index contributed by atoms with van der Waals surface area (Å²) in [5.41, 5.74) is 0.887. The number of carbonyl (C=O) groups excluding carboxylic acids is 1. The van der Waals surface area contributed by atoms with E-state index in [0.29, 0.717) is 52.0 Å². The van der Waals surface area contributed by atoms with E-state index < -0.39 is 0 Å². The molecule has 1 N–H and O–H groups in total. The van der Waals surface area contributed by atoms with E-state index in [4.69, 9.17) is 19.5 Å². The van der Waals surface area contributed by atoms with Crippen LogP contribution in [0.1, 0.15) is 10.4 Å². The average Bonchev–Trinajstić information content (AvgIpc) is 2.82. The summed E-state index contributed by atoms with van der Waals surface area (Å²) in [5, 5.41) is 12.5. The summed E-state index contributed by atoms with van der Waals surface area (Å²) in [4.78, 5) is 30.4. The van der Waals surface area contributed by atoms with Gasteiger partial charge in [0.2, 0.25) is 0 Å². The third kappa shape index (κ3) is 5.01. The first-order valence-corrected chi connectivity index (χ1v) is 10.6. The van der Waals surface area contributed by atoms with E-state index in [1.807, 2.05) is 6.07 Å². The second kappa shape index (κ2) is 10.7. The number of methoxy groups -OCH3 is 3. The van der Waals surface area contributed by atoms with Gasteiger partial charge in [-0.2, -0.15) is 5.26 Å². The van der Waals surface area contributed by atoms with Crippen molar-refractivity contribution in [2.45, 2.75) is 5.16 Å². The quantitative estimate of drug-likeness (QED) is 0.298. The van der Waals surface area contributed by atoms with E-state index in [-0.39, 0.29) is 17.2 Å². The Balaban J connectivity index is 2.16. The van der Waals surface area contributed by atoms with Gasteiger partial charge in [-0.3, -0.25) is 14.2 Å². The minimum absolute atomic E-state index is 0.0935. The smallest absolute Gasteiger partial charge is 0.266 e. The number of nitriles is 1. The Kier molecular flexibility index (Phi) is 7.70. The summed E-state index contributed by atoms with van der Waals surface area (Å²) in [6, 6.07) is 11.8. The van der Waals surface area contributed by atoms with Crippen molar-refractivity contribution in [2.24, 2.45) is 0 Å². The first-order valence-electron chi connectivity index (χ1n) is 9.59. The lowest BCUT2D eigenvalue weighted by Crippen LogP contribution is -2.27. The highest BCUT2D eigenvalue weighted by Crippen LogP contribution is 2.28. The molecule has 0 aliphatic carbocycles. The molecule has 0 atom stereocenters. The Labute approximate surface area is 188 Å². The normalized spacial score (nSPS) is 10.6. The van der Waals surface area contributed by atoms with Gasteiger partial charge in [-0.1, -0.05) is 11.8 Å². The fourth-order valence-electron chi connectivity index (χ4n) is 3.02. The van der Waals surface area contributed by atoms with Crippen LogP contribution in [0.2, 0.25) is 0 Å². The largest absolute Gasteiger partial charge is 0.497 e. The fraction of sp³-hybridized carbons (Fsp3) is 0.273. The Bertz CT molecular complexity index is 1210. The predicted octanol–water partition coefficient (Wildman–Crippen LogP) is 2.39. The Morgan fingerprint density at radius 3 is 2.50 bits per heavy atom. The summed E-state index contributed by atoms with van der Waals surface area (Å²) >= 11 is 1.12. The zero-order valence-corrected chi connectivity index (χ0v) is 18.7. The zero-order valence-electron chi connectivity index (χ0n) is 17.9. The molecule has 0 aliphatic rings. The lowest BCUT2D eigenvalue weighted by atomic mass is 10.1. The molecule has 32 heavy (non-hydrogen) atoms. The number of nitrogens with one attached hydrogen (secondary N) is 1. The summed E-state index contributed by atoms with van der Waals surface area (Å²) < 4.78 is 17.0. The highest BCUT2D eigenvalue weighted by atomic mass is 32.2. The van der Waals surface area contributed by atoms with Crippen molar-refractivity contribution in [3.8, 4) is 23.3 Å². The van der Waals surface area contributed by atoms with Crippen LogP contribution in [0.3, 0.4) is 0 Å². The van der Waals surface area contributed by atoms with E-state index in [1.165, 1.54) is 18.8 Å². The van der Waals surface area contributed by atoms with E-state index in [0.717, 1.165) is 11.8 Å². The van der Waals surface area contributed by atoms with Crippen LogP contribution >= 0.6 is 11.8 Å². The van der Waals surface area contributed by atoms with Gasteiger partial charge in [-0.05, 0) is 18.2 Å². The molecule has 3 rings (SSSR count). The Hall–Kier alpha value is -3.55. The minimum Gasteiger partial charge on any atom is -0.497 e. The maximum absolute atomic E-state index is 13.4. The van der Waals surface area contributed by atoms with Crippen LogP contribution in [-0.2, 0) is 4.74 Å². The first kappa shape index (κ1) is 23.1. The van der Waals surface area contributed by atoms with Crippen LogP contribution in [0.5, 0.6) is 11.5 Å². The summed E-state index contributed by atoms with van der Waals surface area (Å²) in [6.45, 7) is 0.755. The monoisotopic (exact) mass is 454 g/mol. The van der Waals surface area contributed by atoms with Crippen LogP contribution in [0.4, 0.5) is 0 Å². The molecule has 0 bridgehead atoms. The van der Waals surface area contributed by atoms with Crippen LogP contribution in [0, 0.1) is 11.3 Å². The van der Waals surface area contributed by atoms with Crippen molar-refractivity contribution in [2.75, 3.05) is 40.2 Å². The van der Waals surface area contributed by atoms with Crippen LogP contribution < -0.4 is 20.3 Å². The molecule has 0 aliphatic heterocycles. The number of carbonyl (C=O) groups is 1. The molecular formula is C22H22N4O5S. The Morgan fingerprint density at radius 1 is 1.16 bits per heavy atom. The molecule has 1 amide bonds. The number of rotatable bonds is 9. The molecule has 0 spiro atoms. The van der Waals surface area contributed by atoms with Gasteiger partial charge in [0.15, 0.2) is 5.16 Å². The highest BCUT2D eigenvalue weighted by molar-refractivity contribution is 7.99. The highest BCUT2D eigenvalue weighted by Gasteiger charge is 2.17. The minimum atomic E-state index is -0.336. The maximum atomic E-state index is 13.4. The molecule has 1 heterocycles. The molecule has 166 valence electrons. The lowest BCUT2D eigenvalue weighted by Gasteiger charge is -2.15. The van der Waals surface area contributed by atoms with Crippen LogP contribution in [-0.4, -0.2) is 55.7 Å². The van der Waals surface area contributed by atoms with Gasteiger partial charge >= 0.3 is 0 Å². The molecule has 0 saturated carbocycles. The molecule has 9 nitrogen and oxygen atoms in total. The molecular weight excluding hydrogens is 432 g/mol. The maximum Gasteiger partial charge on any atom is 0.266 e. The van der Waals surface area contributed by atoms with Crippen LogP contribution in [0.15, 0.2) is 46.3 Å². The molecule has 10 heteroatoms.